The number of rotatable bonds is 4. The summed E-state index contributed by atoms with van der Waals surface area (Å²) in [5, 5.41) is 15.8. The Balaban J connectivity index is 2.28. The van der Waals surface area contributed by atoms with Crippen molar-refractivity contribution in [2.75, 3.05) is 5.43 Å². The number of hydrogen-bond donors (Lipinski definition) is 1. The molecule has 6 nitrogen and oxygen atoms in total. The lowest BCUT2D eigenvalue weighted by Crippen LogP contribution is -2.04. The Kier molecular flexibility index (Phi) is 4.72. The molecule has 108 valence electrons. The third-order valence-corrected chi connectivity index (χ3v) is 3.12. The Morgan fingerprint density at radius 2 is 2.10 bits per heavy atom. The van der Waals surface area contributed by atoms with E-state index in [1.54, 1.807) is 25.1 Å². The van der Waals surface area contributed by atoms with E-state index in [0.717, 1.165) is 0 Å². The predicted octanol–water partition coefficient (Wildman–Crippen LogP) is 4.13. The fourth-order valence-electron chi connectivity index (χ4n) is 1.63. The summed E-state index contributed by atoms with van der Waals surface area (Å²) in [5.74, 6) is 0.319. The normalized spacial score (nSPS) is 11.3. The molecule has 0 aliphatic carbocycles. The van der Waals surface area contributed by atoms with Gasteiger partial charge in [-0.15, -0.1) is 0 Å². The summed E-state index contributed by atoms with van der Waals surface area (Å²) in [4.78, 5) is 14.5. The summed E-state index contributed by atoms with van der Waals surface area (Å²) in [6.07, 6.45) is 1.42. The van der Waals surface area contributed by atoms with E-state index in [0.29, 0.717) is 27.1 Å². The summed E-state index contributed by atoms with van der Waals surface area (Å²) in [6.45, 7) is 1.65. The van der Waals surface area contributed by atoms with Crippen LogP contribution in [0.25, 0.3) is 0 Å². The predicted molar refractivity (Wildman–Crippen MR) is 83.2 cm³/mol. The van der Waals surface area contributed by atoms with Gasteiger partial charge in [-0.05, 0) is 19.1 Å². The van der Waals surface area contributed by atoms with E-state index < -0.39 is 4.92 Å². The number of pyridine rings is 1. The Morgan fingerprint density at radius 3 is 2.76 bits per heavy atom. The summed E-state index contributed by atoms with van der Waals surface area (Å²) >= 11 is 11.7. The number of hydrazone groups is 1. The van der Waals surface area contributed by atoms with E-state index in [1.165, 1.54) is 18.3 Å². The molecule has 1 heterocycles. The molecule has 1 aromatic heterocycles. The van der Waals surface area contributed by atoms with Crippen LogP contribution in [0.1, 0.15) is 12.5 Å². The summed E-state index contributed by atoms with van der Waals surface area (Å²) in [6, 6.07) is 7.86. The van der Waals surface area contributed by atoms with E-state index in [4.69, 9.17) is 23.2 Å². The second-order valence-electron chi connectivity index (χ2n) is 4.07. The molecule has 0 aliphatic heterocycles. The molecule has 0 spiro atoms. The van der Waals surface area contributed by atoms with Crippen LogP contribution >= 0.6 is 23.2 Å². The number of halogens is 2. The molecule has 2 rings (SSSR count). The fourth-order valence-corrected chi connectivity index (χ4v) is 2.06. The van der Waals surface area contributed by atoms with Crippen molar-refractivity contribution in [1.82, 2.24) is 4.98 Å². The van der Waals surface area contributed by atoms with Gasteiger partial charge in [0.2, 0.25) is 0 Å². The molecule has 1 aromatic carbocycles. The van der Waals surface area contributed by atoms with Crippen molar-refractivity contribution in [1.29, 1.82) is 0 Å². The maximum absolute atomic E-state index is 11.0. The summed E-state index contributed by atoms with van der Waals surface area (Å²) in [7, 11) is 0. The number of nitro groups is 1. The molecule has 2 aromatic rings. The number of nitrogens with one attached hydrogen (secondary N) is 1. The summed E-state index contributed by atoms with van der Waals surface area (Å²) in [5.41, 5.74) is 3.51. The average molecular weight is 325 g/mol. The van der Waals surface area contributed by atoms with Gasteiger partial charge in [-0.2, -0.15) is 5.10 Å². The van der Waals surface area contributed by atoms with E-state index in [-0.39, 0.29) is 5.69 Å². The van der Waals surface area contributed by atoms with Crippen LogP contribution in [0.5, 0.6) is 0 Å². The first kappa shape index (κ1) is 15.2. The van der Waals surface area contributed by atoms with Gasteiger partial charge in [0.1, 0.15) is 0 Å². The molecule has 0 saturated heterocycles. The van der Waals surface area contributed by atoms with Crippen molar-refractivity contribution in [2.24, 2.45) is 5.10 Å². The van der Waals surface area contributed by atoms with Gasteiger partial charge in [-0.1, -0.05) is 35.3 Å². The van der Waals surface area contributed by atoms with Crippen LogP contribution < -0.4 is 5.43 Å². The Bertz CT molecular complexity index is 719. The molecule has 0 bridgehead atoms. The molecular weight excluding hydrogens is 315 g/mol. The molecule has 0 atom stereocenters. The van der Waals surface area contributed by atoms with Gasteiger partial charge in [0.15, 0.2) is 5.82 Å². The van der Waals surface area contributed by atoms with Crippen molar-refractivity contribution < 1.29 is 4.92 Å². The molecule has 0 unspecified atom stereocenters. The zero-order valence-corrected chi connectivity index (χ0v) is 12.4. The molecule has 21 heavy (non-hydrogen) atoms. The van der Waals surface area contributed by atoms with Gasteiger partial charge in [0.25, 0.3) is 5.69 Å². The lowest BCUT2D eigenvalue weighted by Gasteiger charge is -2.05. The van der Waals surface area contributed by atoms with Gasteiger partial charge in [-0.25, -0.2) is 4.98 Å². The van der Waals surface area contributed by atoms with Crippen molar-refractivity contribution in [2.45, 2.75) is 6.92 Å². The zero-order valence-electron chi connectivity index (χ0n) is 10.9. The van der Waals surface area contributed by atoms with Gasteiger partial charge in [-0.3, -0.25) is 15.5 Å². The second-order valence-corrected chi connectivity index (χ2v) is 4.91. The van der Waals surface area contributed by atoms with Crippen LogP contribution in [0.2, 0.25) is 10.0 Å². The minimum absolute atomic E-state index is 0.0179. The topological polar surface area (TPSA) is 80.4 Å². The highest BCUT2D eigenvalue weighted by Crippen LogP contribution is 2.23. The lowest BCUT2D eigenvalue weighted by molar-refractivity contribution is -0.385. The third-order valence-electron chi connectivity index (χ3n) is 2.63. The molecule has 0 saturated carbocycles. The molecular formula is C13H10Cl2N4O2. The quantitative estimate of drug-likeness (QED) is 0.520. The molecule has 0 radical (unpaired) electrons. The largest absolute Gasteiger partial charge is 0.278 e. The number of nitro benzene ring substituents is 1. The fraction of sp³-hybridized carbons (Fsp3) is 0.0769. The van der Waals surface area contributed by atoms with Crippen LogP contribution in [0.3, 0.4) is 0 Å². The minimum Gasteiger partial charge on any atom is -0.260 e. The Hall–Kier alpha value is -2.18. The van der Waals surface area contributed by atoms with Crippen LogP contribution in [0.15, 0.2) is 41.6 Å². The number of para-hydroxylation sites is 1. The number of benzene rings is 1. The van der Waals surface area contributed by atoms with Crippen molar-refractivity contribution in [3.63, 3.8) is 0 Å². The second kappa shape index (κ2) is 6.51. The molecule has 0 fully saturated rings. The maximum atomic E-state index is 11.0. The molecule has 8 heteroatoms. The number of anilines is 1. The number of aromatic nitrogens is 1. The molecule has 0 amide bonds. The zero-order chi connectivity index (χ0) is 15.4. The van der Waals surface area contributed by atoms with E-state index in [1.807, 2.05) is 0 Å². The lowest BCUT2D eigenvalue weighted by atomic mass is 10.1. The smallest absolute Gasteiger partial charge is 0.260 e. The highest BCUT2D eigenvalue weighted by atomic mass is 35.5. The van der Waals surface area contributed by atoms with Crippen molar-refractivity contribution in [3.8, 4) is 0 Å². The Morgan fingerprint density at radius 1 is 1.38 bits per heavy atom. The minimum atomic E-state index is -0.456. The van der Waals surface area contributed by atoms with Crippen LogP contribution in [0.4, 0.5) is 11.5 Å². The monoisotopic (exact) mass is 324 g/mol. The molecule has 0 aliphatic rings. The number of nitrogens with zero attached hydrogens (tertiary/aromatic N) is 3. The van der Waals surface area contributed by atoms with Gasteiger partial charge in [0, 0.05) is 12.3 Å². The Labute approximate surface area is 130 Å². The highest BCUT2D eigenvalue weighted by molar-refractivity contribution is 6.35. The van der Waals surface area contributed by atoms with Crippen LogP contribution in [0, 0.1) is 10.1 Å². The maximum Gasteiger partial charge on any atom is 0.278 e. The first-order valence-corrected chi connectivity index (χ1v) is 6.60. The van der Waals surface area contributed by atoms with Crippen molar-refractivity contribution in [3.05, 3.63) is 62.3 Å². The van der Waals surface area contributed by atoms with Gasteiger partial charge < -0.3 is 0 Å². The summed E-state index contributed by atoms with van der Waals surface area (Å²) < 4.78 is 0. The van der Waals surface area contributed by atoms with E-state index in [2.05, 4.69) is 15.5 Å². The SMILES string of the molecule is C/C(=N/Nc1ncc(Cl)cc1Cl)c1ccccc1[N+](=O)[O-]. The first-order valence-electron chi connectivity index (χ1n) is 5.84. The average Bonchev–Trinajstić information content (AvgIpc) is 2.46. The highest BCUT2D eigenvalue weighted by Gasteiger charge is 2.14. The van der Waals surface area contributed by atoms with Gasteiger partial charge in [0.05, 0.1) is 26.2 Å². The van der Waals surface area contributed by atoms with Gasteiger partial charge >= 0.3 is 0 Å². The van der Waals surface area contributed by atoms with Crippen molar-refractivity contribution >= 4 is 40.4 Å². The number of hydrogen-bond acceptors (Lipinski definition) is 5. The van der Waals surface area contributed by atoms with E-state index in [9.17, 15) is 10.1 Å². The molecule has 1 N–H and O–H groups in total. The first-order chi connectivity index (χ1) is 9.99. The third kappa shape index (κ3) is 3.68. The van der Waals surface area contributed by atoms with E-state index >= 15 is 0 Å². The van der Waals surface area contributed by atoms with Crippen LogP contribution in [-0.4, -0.2) is 15.6 Å². The van der Waals surface area contributed by atoms with Crippen LogP contribution in [-0.2, 0) is 0 Å². The standard InChI is InChI=1S/C13H10Cl2N4O2/c1-8(10-4-2-3-5-12(10)19(20)21)17-18-13-11(15)6-9(14)7-16-13/h2-7H,1H3,(H,16,18)/b17-8-.